The first-order valence-electron chi connectivity index (χ1n) is 10.0. The average molecular weight is 360 g/mol. The van der Waals surface area contributed by atoms with Crippen molar-refractivity contribution in [3.8, 4) is 0 Å². The molecule has 0 saturated heterocycles. The van der Waals surface area contributed by atoms with E-state index in [9.17, 15) is 9.59 Å². The van der Waals surface area contributed by atoms with Crippen LogP contribution in [0.4, 0.5) is 11.4 Å². The van der Waals surface area contributed by atoms with Gasteiger partial charge in [-0.15, -0.1) is 0 Å². The third-order valence-corrected chi connectivity index (χ3v) is 5.98. The van der Waals surface area contributed by atoms with E-state index in [0.717, 1.165) is 55.6 Å². The Balaban J connectivity index is 1.37. The van der Waals surface area contributed by atoms with Gasteiger partial charge < -0.3 is 10.2 Å². The Morgan fingerprint density at radius 1 is 1.00 bits per heavy atom. The van der Waals surface area contributed by atoms with Gasteiger partial charge in [0.25, 0.3) is 0 Å². The highest BCUT2D eigenvalue weighted by atomic mass is 16.2. The van der Waals surface area contributed by atoms with Crippen molar-refractivity contribution in [2.75, 3.05) is 16.8 Å². The molecule has 0 spiro atoms. The fourth-order valence-electron chi connectivity index (χ4n) is 4.18. The molecule has 1 atom stereocenters. The maximum Gasteiger partial charge on any atom is 0.232 e. The lowest BCUT2D eigenvalue weighted by Crippen LogP contribution is -2.30. The summed E-state index contributed by atoms with van der Waals surface area (Å²) in [6.07, 6.45) is 5.15. The van der Waals surface area contributed by atoms with Crippen LogP contribution in [0.5, 0.6) is 0 Å². The fourth-order valence-corrected chi connectivity index (χ4v) is 4.18. The second-order valence-electron chi connectivity index (χ2n) is 8.07. The molecule has 1 aliphatic heterocycles. The van der Waals surface area contributed by atoms with Gasteiger partial charge in [-0.3, -0.25) is 9.59 Å². The van der Waals surface area contributed by atoms with Crippen molar-refractivity contribution in [2.24, 2.45) is 11.8 Å². The zero-order valence-electron chi connectivity index (χ0n) is 15.4. The molecule has 138 valence electrons. The second kappa shape index (κ2) is 6.52. The highest BCUT2D eigenvalue weighted by molar-refractivity contribution is 6.00. The van der Waals surface area contributed by atoms with Gasteiger partial charge in [-0.2, -0.15) is 0 Å². The molecule has 5 rings (SSSR count). The van der Waals surface area contributed by atoms with Crippen molar-refractivity contribution in [1.82, 2.24) is 0 Å². The molecule has 1 unspecified atom stereocenters. The van der Waals surface area contributed by atoms with Crippen LogP contribution < -0.4 is 10.2 Å². The molecule has 4 heteroatoms. The van der Waals surface area contributed by atoms with E-state index in [0.29, 0.717) is 5.92 Å². The Morgan fingerprint density at radius 2 is 1.78 bits per heavy atom. The number of nitrogens with zero attached hydrogens (tertiary/aromatic N) is 1. The van der Waals surface area contributed by atoms with Crippen molar-refractivity contribution >= 4 is 23.2 Å². The lowest BCUT2D eigenvalue weighted by molar-refractivity contribution is -0.119. The van der Waals surface area contributed by atoms with Gasteiger partial charge in [0.05, 0.1) is 5.92 Å². The molecule has 27 heavy (non-hydrogen) atoms. The predicted molar refractivity (Wildman–Crippen MR) is 106 cm³/mol. The summed E-state index contributed by atoms with van der Waals surface area (Å²) in [6.45, 7) is 0.761. The molecule has 0 aromatic heterocycles. The van der Waals surface area contributed by atoms with E-state index in [4.69, 9.17) is 0 Å². The van der Waals surface area contributed by atoms with Crippen LogP contribution in [0.1, 0.15) is 42.7 Å². The summed E-state index contributed by atoms with van der Waals surface area (Å²) in [4.78, 5) is 27.5. The number of nitrogens with one attached hydrogen (secondary N) is 1. The summed E-state index contributed by atoms with van der Waals surface area (Å²) in [6, 6.07) is 16.1. The third-order valence-electron chi connectivity index (χ3n) is 5.98. The summed E-state index contributed by atoms with van der Waals surface area (Å²) in [5, 5.41) is 3.12. The first-order valence-corrected chi connectivity index (χ1v) is 10.0. The second-order valence-corrected chi connectivity index (χ2v) is 8.07. The summed E-state index contributed by atoms with van der Waals surface area (Å²) in [5.74, 6) is 0.865. The number of hydrogen-bond donors (Lipinski definition) is 1. The van der Waals surface area contributed by atoms with Crippen LogP contribution in [0.2, 0.25) is 0 Å². The van der Waals surface area contributed by atoms with Gasteiger partial charge in [0.2, 0.25) is 11.8 Å². The van der Waals surface area contributed by atoms with E-state index in [-0.39, 0.29) is 23.7 Å². The zero-order valence-corrected chi connectivity index (χ0v) is 15.4. The normalized spacial score (nSPS) is 19.5. The van der Waals surface area contributed by atoms with E-state index in [2.05, 4.69) is 11.4 Å². The van der Waals surface area contributed by atoms with E-state index in [1.807, 2.05) is 47.4 Å². The van der Waals surface area contributed by atoms with Crippen molar-refractivity contribution in [3.05, 3.63) is 59.7 Å². The Morgan fingerprint density at radius 3 is 2.48 bits per heavy atom. The van der Waals surface area contributed by atoms with Gasteiger partial charge in [-0.25, -0.2) is 0 Å². The molecule has 2 amide bonds. The average Bonchev–Trinajstić information content (AvgIpc) is 3.60. The summed E-state index contributed by atoms with van der Waals surface area (Å²) >= 11 is 0. The van der Waals surface area contributed by atoms with E-state index in [1.54, 1.807) is 0 Å². The quantitative estimate of drug-likeness (QED) is 0.872. The van der Waals surface area contributed by atoms with Gasteiger partial charge in [0.1, 0.15) is 0 Å². The smallest absolute Gasteiger partial charge is 0.232 e. The molecule has 3 aliphatic rings. The molecule has 0 bridgehead atoms. The molecule has 4 nitrogen and oxygen atoms in total. The largest absolute Gasteiger partial charge is 0.325 e. The van der Waals surface area contributed by atoms with Crippen molar-refractivity contribution in [3.63, 3.8) is 0 Å². The number of hydrogen-bond acceptors (Lipinski definition) is 2. The number of benzene rings is 2. The SMILES string of the molecule is O=C(Nc1ccc2c(c1)N(C(=O)C1CC1)CC2)C(c1ccccc1)C1CC1. The number of carbonyl (C=O) groups excluding carboxylic acids is 2. The number of fused-ring (bicyclic) bond motifs is 1. The molecule has 1 N–H and O–H groups in total. The summed E-state index contributed by atoms with van der Waals surface area (Å²) in [7, 11) is 0. The van der Waals surface area contributed by atoms with Gasteiger partial charge in [0, 0.05) is 23.8 Å². The zero-order chi connectivity index (χ0) is 18.4. The van der Waals surface area contributed by atoms with Crippen LogP contribution in [0.25, 0.3) is 0 Å². The van der Waals surface area contributed by atoms with Gasteiger partial charge in [-0.05, 0) is 61.3 Å². The third kappa shape index (κ3) is 3.25. The van der Waals surface area contributed by atoms with Gasteiger partial charge in [0.15, 0.2) is 0 Å². The van der Waals surface area contributed by atoms with Crippen LogP contribution in [0.3, 0.4) is 0 Å². The Labute approximate surface area is 159 Å². The van der Waals surface area contributed by atoms with Crippen molar-refractivity contribution in [1.29, 1.82) is 0 Å². The molecular formula is C23H24N2O2. The standard InChI is InChI=1S/C23H24N2O2/c26-22(21(17-6-7-17)16-4-2-1-3-5-16)24-19-11-10-15-12-13-25(20(15)14-19)23(27)18-8-9-18/h1-5,10-11,14,17-18,21H,6-9,12-13H2,(H,24,26). The topological polar surface area (TPSA) is 49.4 Å². The first kappa shape index (κ1) is 16.5. The summed E-state index contributed by atoms with van der Waals surface area (Å²) in [5.41, 5.74) is 4.05. The number of anilines is 2. The first-order chi connectivity index (χ1) is 13.2. The van der Waals surface area contributed by atoms with Gasteiger partial charge >= 0.3 is 0 Å². The minimum Gasteiger partial charge on any atom is -0.325 e. The highest BCUT2D eigenvalue weighted by Crippen LogP contribution is 2.43. The predicted octanol–water partition coefficient (Wildman–Crippen LogP) is 4.12. The van der Waals surface area contributed by atoms with E-state index >= 15 is 0 Å². The van der Waals surface area contributed by atoms with E-state index < -0.39 is 0 Å². The van der Waals surface area contributed by atoms with Crippen LogP contribution in [-0.2, 0) is 16.0 Å². The highest BCUT2D eigenvalue weighted by Gasteiger charge is 2.38. The molecular weight excluding hydrogens is 336 g/mol. The van der Waals surface area contributed by atoms with Crippen LogP contribution >= 0.6 is 0 Å². The molecule has 2 aliphatic carbocycles. The maximum absolute atomic E-state index is 13.0. The Hall–Kier alpha value is -2.62. The molecule has 2 saturated carbocycles. The number of carbonyl (C=O) groups is 2. The minimum absolute atomic E-state index is 0.0571. The van der Waals surface area contributed by atoms with Crippen LogP contribution in [0.15, 0.2) is 48.5 Å². The minimum atomic E-state index is -0.0938. The molecule has 2 fully saturated rings. The molecule has 0 radical (unpaired) electrons. The number of amides is 2. The van der Waals surface area contributed by atoms with Crippen molar-refractivity contribution < 1.29 is 9.59 Å². The lowest BCUT2D eigenvalue weighted by Gasteiger charge is -2.19. The number of rotatable bonds is 5. The monoisotopic (exact) mass is 360 g/mol. The molecule has 2 aromatic rings. The lowest BCUT2D eigenvalue weighted by atomic mass is 9.93. The fraction of sp³-hybridized carbons (Fsp3) is 0.391. The van der Waals surface area contributed by atoms with Crippen LogP contribution in [0, 0.1) is 11.8 Å². The molecule has 1 heterocycles. The Bertz CT molecular complexity index is 885. The van der Waals surface area contributed by atoms with Crippen molar-refractivity contribution in [2.45, 2.75) is 38.0 Å². The molecule has 2 aromatic carbocycles. The van der Waals surface area contributed by atoms with Crippen LogP contribution in [-0.4, -0.2) is 18.4 Å². The maximum atomic E-state index is 13.0. The van der Waals surface area contributed by atoms with E-state index in [1.165, 1.54) is 5.56 Å². The Kier molecular flexibility index (Phi) is 4.00. The summed E-state index contributed by atoms with van der Waals surface area (Å²) < 4.78 is 0. The van der Waals surface area contributed by atoms with Gasteiger partial charge in [-0.1, -0.05) is 36.4 Å².